The van der Waals surface area contributed by atoms with Crippen molar-refractivity contribution in [1.82, 2.24) is 9.80 Å². The number of piperidine rings is 1. The van der Waals surface area contributed by atoms with E-state index in [2.05, 4.69) is 12.2 Å². The molecule has 0 spiro atoms. The standard InChI is InChI=1S/C24H27N3O3/c1-2-17-6-5-7-20(14-17)25-23(29)19-11-9-18(10-12-19)15-26-16-22(28)27-13-4-3-8-21(27)24(26)30/h5-7,9-12,14,21H,2-4,8,13,15-16H2,1H3,(H,25,29)/t21-/m1/s1. The van der Waals surface area contributed by atoms with E-state index in [1.54, 1.807) is 21.9 Å². The molecule has 30 heavy (non-hydrogen) atoms. The molecule has 2 saturated heterocycles. The van der Waals surface area contributed by atoms with Crippen LogP contribution >= 0.6 is 0 Å². The van der Waals surface area contributed by atoms with Crippen LogP contribution in [-0.2, 0) is 22.6 Å². The van der Waals surface area contributed by atoms with Crippen LogP contribution in [0.3, 0.4) is 0 Å². The zero-order valence-corrected chi connectivity index (χ0v) is 17.3. The number of carbonyl (C=O) groups is 3. The SMILES string of the molecule is CCc1cccc(NC(=O)c2ccc(CN3CC(=O)N4CCCC[C@@H]4C3=O)cc2)c1. The van der Waals surface area contributed by atoms with Gasteiger partial charge in [0.25, 0.3) is 5.91 Å². The van der Waals surface area contributed by atoms with Gasteiger partial charge in [-0.25, -0.2) is 0 Å². The first-order valence-corrected chi connectivity index (χ1v) is 10.6. The molecular weight excluding hydrogens is 378 g/mol. The Bertz CT molecular complexity index is 954. The summed E-state index contributed by atoms with van der Waals surface area (Å²) < 4.78 is 0. The minimum Gasteiger partial charge on any atom is -0.329 e. The maximum atomic E-state index is 12.8. The summed E-state index contributed by atoms with van der Waals surface area (Å²) in [6.07, 6.45) is 3.62. The van der Waals surface area contributed by atoms with Crippen molar-refractivity contribution in [2.24, 2.45) is 0 Å². The molecule has 1 atom stereocenters. The third kappa shape index (κ3) is 4.22. The van der Waals surface area contributed by atoms with Crippen LogP contribution < -0.4 is 5.32 Å². The van der Waals surface area contributed by atoms with Crippen molar-refractivity contribution < 1.29 is 14.4 Å². The van der Waals surface area contributed by atoms with Crippen LogP contribution in [0.2, 0.25) is 0 Å². The van der Waals surface area contributed by atoms with Crippen LogP contribution in [0, 0.1) is 0 Å². The number of anilines is 1. The van der Waals surface area contributed by atoms with Crippen molar-refractivity contribution in [3.8, 4) is 0 Å². The van der Waals surface area contributed by atoms with Crippen molar-refractivity contribution in [2.75, 3.05) is 18.4 Å². The second-order valence-corrected chi connectivity index (χ2v) is 8.00. The monoisotopic (exact) mass is 405 g/mol. The number of benzene rings is 2. The topological polar surface area (TPSA) is 69.7 Å². The maximum Gasteiger partial charge on any atom is 0.255 e. The van der Waals surface area contributed by atoms with E-state index in [0.29, 0.717) is 18.7 Å². The van der Waals surface area contributed by atoms with E-state index >= 15 is 0 Å². The lowest BCUT2D eigenvalue weighted by Gasteiger charge is -2.42. The van der Waals surface area contributed by atoms with Crippen LogP contribution in [0.25, 0.3) is 0 Å². The largest absolute Gasteiger partial charge is 0.329 e. The fourth-order valence-electron chi connectivity index (χ4n) is 4.22. The first kappa shape index (κ1) is 20.1. The molecule has 6 nitrogen and oxygen atoms in total. The fourth-order valence-corrected chi connectivity index (χ4v) is 4.22. The highest BCUT2D eigenvalue weighted by Crippen LogP contribution is 2.24. The van der Waals surface area contributed by atoms with Crippen molar-refractivity contribution in [3.05, 3.63) is 65.2 Å². The average molecular weight is 405 g/mol. The lowest BCUT2D eigenvalue weighted by Crippen LogP contribution is -2.60. The Morgan fingerprint density at radius 1 is 1.07 bits per heavy atom. The highest BCUT2D eigenvalue weighted by molar-refractivity contribution is 6.04. The number of hydrogen-bond donors (Lipinski definition) is 1. The number of amides is 3. The Labute approximate surface area is 176 Å². The second kappa shape index (κ2) is 8.69. The van der Waals surface area contributed by atoms with Crippen molar-refractivity contribution in [1.29, 1.82) is 0 Å². The number of piperazine rings is 1. The Morgan fingerprint density at radius 2 is 1.87 bits per heavy atom. The normalized spacial score (nSPS) is 18.9. The predicted molar refractivity (Wildman–Crippen MR) is 115 cm³/mol. The molecule has 156 valence electrons. The minimum absolute atomic E-state index is 0.0320. The quantitative estimate of drug-likeness (QED) is 0.830. The molecule has 2 heterocycles. The van der Waals surface area contributed by atoms with Crippen LogP contribution in [-0.4, -0.2) is 46.7 Å². The van der Waals surface area contributed by atoms with Gasteiger partial charge < -0.3 is 15.1 Å². The number of nitrogens with zero attached hydrogens (tertiary/aromatic N) is 2. The predicted octanol–water partition coefficient (Wildman–Crippen LogP) is 3.22. The highest BCUT2D eigenvalue weighted by atomic mass is 16.2. The molecule has 2 aromatic rings. The smallest absolute Gasteiger partial charge is 0.255 e. The molecule has 0 unspecified atom stereocenters. The first-order chi connectivity index (χ1) is 14.5. The Balaban J connectivity index is 1.40. The Hall–Kier alpha value is -3.15. The molecule has 1 N–H and O–H groups in total. The molecule has 0 bridgehead atoms. The van der Waals surface area contributed by atoms with Crippen molar-refractivity contribution >= 4 is 23.4 Å². The molecule has 2 aliphatic rings. The van der Waals surface area contributed by atoms with Crippen LogP contribution in [0.4, 0.5) is 5.69 Å². The van der Waals surface area contributed by atoms with Gasteiger partial charge in [0, 0.05) is 24.3 Å². The number of carbonyl (C=O) groups excluding carboxylic acids is 3. The van der Waals surface area contributed by atoms with E-state index in [9.17, 15) is 14.4 Å². The van der Waals surface area contributed by atoms with Gasteiger partial charge in [0.15, 0.2) is 0 Å². The molecule has 4 rings (SSSR count). The van der Waals surface area contributed by atoms with Gasteiger partial charge in [0.1, 0.15) is 12.6 Å². The molecule has 0 saturated carbocycles. The lowest BCUT2D eigenvalue weighted by atomic mass is 9.98. The van der Waals surface area contributed by atoms with Gasteiger partial charge in [-0.15, -0.1) is 0 Å². The molecule has 6 heteroatoms. The second-order valence-electron chi connectivity index (χ2n) is 8.00. The molecule has 0 aromatic heterocycles. The van der Waals surface area contributed by atoms with E-state index < -0.39 is 0 Å². The zero-order chi connectivity index (χ0) is 21.1. The van der Waals surface area contributed by atoms with E-state index in [4.69, 9.17) is 0 Å². The Kier molecular flexibility index (Phi) is 5.84. The van der Waals surface area contributed by atoms with Crippen LogP contribution in [0.15, 0.2) is 48.5 Å². The van der Waals surface area contributed by atoms with Gasteiger partial charge in [-0.2, -0.15) is 0 Å². The van der Waals surface area contributed by atoms with E-state index in [1.165, 1.54) is 5.56 Å². The minimum atomic E-state index is -0.302. The van der Waals surface area contributed by atoms with Gasteiger partial charge >= 0.3 is 0 Å². The fraction of sp³-hybridized carbons (Fsp3) is 0.375. The number of aryl methyl sites for hydroxylation is 1. The number of nitrogens with one attached hydrogen (secondary N) is 1. The maximum absolute atomic E-state index is 12.8. The summed E-state index contributed by atoms with van der Waals surface area (Å²) >= 11 is 0. The summed E-state index contributed by atoms with van der Waals surface area (Å²) in [4.78, 5) is 41.1. The third-order valence-electron chi connectivity index (χ3n) is 5.93. The summed E-state index contributed by atoms with van der Waals surface area (Å²) in [5.41, 5.74) is 3.41. The van der Waals surface area contributed by atoms with E-state index in [-0.39, 0.29) is 30.3 Å². The van der Waals surface area contributed by atoms with Gasteiger partial charge in [-0.3, -0.25) is 14.4 Å². The number of rotatable bonds is 5. The van der Waals surface area contributed by atoms with E-state index in [0.717, 1.165) is 36.9 Å². The Morgan fingerprint density at radius 3 is 2.63 bits per heavy atom. The molecule has 2 aromatic carbocycles. The summed E-state index contributed by atoms with van der Waals surface area (Å²) in [5.74, 6) is -0.103. The molecule has 3 amide bonds. The lowest BCUT2D eigenvalue weighted by molar-refractivity contribution is -0.158. The van der Waals surface area contributed by atoms with Crippen LogP contribution in [0.1, 0.15) is 47.7 Å². The molecule has 2 fully saturated rings. The van der Waals surface area contributed by atoms with Gasteiger partial charge in [-0.1, -0.05) is 31.2 Å². The number of hydrogen-bond acceptors (Lipinski definition) is 3. The molecule has 0 aliphatic carbocycles. The van der Waals surface area contributed by atoms with Gasteiger partial charge in [0.05, 0.1) is 0 Å². The van der Waals surface area contributed by atoms with Gasteiger partial charge in [-0.05, 0) is 61.1 Å². The van der Waals surface area contributed by atoms with Crippen LogP contribution in [0.5, 0.6) is 0 Å². The summed E-state index contributed by atoms with van der Waals surface area (Å²) in [7, 11) is 0. The summed E-state index contributed by atoms with van der Waals surface area (Å²) in [5, 5.41) is 2.92. The summed E-state index contributed by atoms with van der Waals surface area (Å²) in [6.45, 7) is 3.28. The summed E-state index contributed by atoms with van der Waals surface area (Å²) in [6, 6.07) is 14.7. The third-order valence-corrected chi connectivity index (χ3v) is 5.93. The molecular formula is C24H27N3O3. The zero-order valence-electron chi connectivity index (χ0n) is 17.3. The first-order valence-electron chi connectivity index (χ1n) is 10.6. The number of fused-ring (bicyclic) bond motifs is 1. The van der Waals surface area contributed by atoms with Crippen molar-refractivity contribution in [2.45, 2.75) is 45.2 Å². The van der Waals surface area contributed by atoms with Gasteiger partial charge in [0.2, 0.25) is 11.8 Å². The average Bonchev–Trinajstić information content (AvgIpc) is 2.78. The van der Waals surface area contributed by atoms with Crippen molar-refractivity contribution in [3.63, 3.8) is 0 Å². The molecule has 2 aliphatic heterocycles. The van der Waals surface area contributed by atoms with E-state index in [1.807, 2.05) is 36.4 Å². The highest BCUT2D eigenvalue weighted by Gasteiger charge is 2.40. The molecule has 0 radical (unpaired) electrons.